The summed E-state index contributed by atoms with van der Waals surface area (Å²) < 4.78 is 47.1. The average molecular weight is 301 g/mol. The molecule has 1 heterocycles. The van der Waals surface area contributed by atoms with E-state index < -0.39 is 12.6 Å². The molecule has 0 bridgehead atoms. The third-order valence-electron chi connectivity index (χ3n) is 3.05. The molecule has 0 radical (unpaired) electrons. The first kappa shape index (κ1) is 15.9. The Hall–Kier alpha value is -1.53. The second-order valence-corrected chi connectivity index (χ2v) is 4.74. The van der Waals surface area contributed by atoms with Crippen molar-refractivity contribution in [3.63, 3.8) is 0 Å². The monoisotopic (exact) mass is 301 g/mol. The number of rotatable bonds is 7. The van der Waals surface area contributed by atoms with Crippen molar-refractivity contribution in [1.82, 2.24) is 5.32 Å². The lowest BCUT2D eigenvalue weighted by molar-refractivity contribution is -0.145. The van der Waals surface area contributed by atoms with Crippen LogP contribution in [0.3, 0.4) is 0 Å². The van der Waals surface area contributed by atoms with Crippen molar-refractivity contribution in [2.24, 2.45) is 0 Å². The Morgan fingerprint density at radius 2 is 2.05 bits per heavy atom. The molecule has 21 heavy (non-hydrogen) atoms. The Morgan fingerprint density at radius 1 is 1.29 bits per heavy atom. The fourth-order valence-corrected chi connectivity index (χ4v) is 2.05. The van der Waals surface area contributed by atoms with Gasteiger partial charge in [0.1, 0.15) is 11.3 Å². The maximum absolute atomic E-state index is 12.1. The number of para-hydroxylation sites is 1. The van der Waals surface area contributed by atoms with Gasteiger partial charge in [-0.25, -0.2) is 0 Å². The number of hydrogen-bond donors (Lipinski definition) is 1. The third kappa shape index (κ3) is 4.75. The van der Waals surface area contributed by atoms with Gasteiger partial charge in [0, 0.05) is 5.39 Å². The number of benzene rings is 1. The highest BCUT2D eigenvalue weighted by atomic mass is 19.4. The zero-order chi connectivity index (χ0) is 15.3. The second kappa shape index (κ2) is 6.95. The van der Waals surface area contributed by atoms with E-state index in [0.717, 1.165) is 11.0 Å². The molecule has 0 amide bonds. The number of likely N-dealkylation sites (N-methyl/N-ethyl adjacent to an activating group) is 1. The maximum Gasteiger partial charge on any atom is 0.391 e. The van der Waals surface area contributed by atoms with E-state index in [1.807, 2.05) is 37.3 Å². The SMILES string of the molecule is CCNC(COCCC(F)(F)F)c1cc2ccccc2o1. The molecule has 0 aliphatic heterocycles. The van der Waals surface area contributed by atoms with Gasteiger partial charge in [-0.3, -0.25) is 0 Å². The Morgan fingerprint density at radius 3 is 2.71 bits per heavy atom. The summed E-state index contributed by atoms with van der Waals surface area (Å²) in [5.74, 6) is 0.671. The van der Waals surface area contributed by atoms with E-state index in [1.54, 1.807) is 0 Å². The second-order valence-electron chi connectivity index (χ2n) is 4.74. The molecular weight excluding hydrogens is 283 g/mol. The van der Waals surface area contributed by atoms with Crippen molar-refractivity contribution in [1.29, 1.82) is 0 Å². The van der Waals surface area contributed by atoms with E-state index in [9.17, 15) is 13.2 Å². The van der Waals surface area contributed by atoms with Crippen LogP contribution in [0.15, 0.2) is 34.7 Å². The van der Waals surface area contributed by atoms with Crippen molar-refractivity contribution >= 4 is 11.0 Å². The Labute approximate surface area is 121 Å². The summed E-state index contributed by atoms with van der Waals surface area (Å²) in [6.45, 7) is 2.39. The van der Waals surface area contributed by atoms with Crippen LogP contribution in [0, 0.1) is 0 Å². The summed E-state index contributed by atoms with van der Waals surface area (Å²) in [5, 5.41) is 4.12. The molecule has 6 heteroatoms. The topological polar surface area (TPSA) is 34.4 Å². The molecule has 1 N–H and O–H groups in total. The van der Waals surface area contributed by atoms with Gasteiger partial charge in [-0.1, -0.05) is 25.1 Å². The molecule has 1 atom stereocenters. The van der Waals surface area contributed by atoms with Gasteiger partial charge in [-0.2, -0.15) is 13.2 Å². The van der Waals surface area contributed by atoms with E-state index in [0.29, 0.717) is 12.3 Å². The summed E-state index contributed by atoms with van der Waals surface area (Å²) >= 11 is 0. The predicted molar refractivity (Wildman–Crippen MR) is 74.1 cm³/mol. The minimum Gasteiger partial charge on any atom is -0.459 e. The average Bonchev–Trinajstić information content (AvgIpc) is 2.84. The van der Waals surface area contributed by atoms with Crippen LogP contribution in [0.4, 0.5) is 13.2 Å². The highest BCUT2D eigenvalue weighted by molar-refractivity contribution is 5.77. The van der Waals surface area contributed by atoms with Crippen molar-refractivity contribution in [3.8, 4) is 0 Å². The minimum absolute atomic E-state index is 0.143. The molecule has 0 fully saturated rings. The van der Waals surface area contributed by atoms with Gasteiger partial charge in [0.05, 0.1) is 25.7 Å². The van der Waals surface area contributed by atoms with E-state index in [2.05, 4.69) is 5.32 Å². The number of alkyl halides is 3. The van der Waals surface area contributed by atoms with Gasteiger partial charge in [0.25, 0.3) is 0 Å². The highest BCUT2D eigenvalue weighted by Gasteiger charge is 2.26. The zero-order valence-corrected chi connectivity index (χ0v) is 11.7. The lowest BCUT2D eigenvalue weighted by Crippen LogP contribution is -2.25. The molecule has 1 aromatic carbocycles. The maximum atomic E-state index is 12.1. The number of ether oxygens (including phenoxy) is 1. The first-order chi connectivity index (χ1) is 9.99. The normalized spacial score (nSPS) is 13.7. The first-order valence-electron chi connectivity index (χ1n) is 6.86. The molecule has 0 aliphatic carbocycles. The van der Waals surface area contributed by atoms with Gasteiger partial charge in [-0.05, 0) is 18.7 Å². The molecule has 1 aromatic heterocycles. The molecule has 1 unspecified atom stereocenters. The summed E-state index contributed by atoms with van der Waals surface area (Å²) in [5.41, 5.74) is 0.755. The molecule has 116 valence electrons. The van der Waals surface area contributed by atoms with Gasteiger partial charge in [0.2, 0.25) is 0 Å². The van der Waals surface area contributed by atoms with Crippen LogP contribution in [0.1, 0.15) is 25.1 Å². The molecule has 3 nitrogen and oxygen atoms in total. The molecule has 0 spiro atoms. The standard InChI is InChI=1S/C15H18F3NO2/c1-2-19-12(10-20-8-7-15(16,17)18)14-9-11-5-3-4-6-13(11)21-14/h3-6,9,12,19H,2,7-8,10H2,1H3. The minimum atomic E-state index is -4.19. The molecule has 0 saturated carbocycles. The smallest absolute Gasteiger partial charge is 0.391 e. The van der Waals surface area contributed by atoms with Crippen molar-refractivity contribution in [3.05, 3.63) is 36.1 Å². The lowest BCUT2D eigenvalue weighted by atomic mass is 10.2. The van der Waals surface area contributed by atoms with E-state index >= 15 is 0 Å². The van der Waals surface area contributed by atoms with Crippen LogP contribution < -0.4 is 5.32 Å². The number of fused-ring (bicyclic) bond motifs is 1. The Bertz CT molecular complexity index is 532. The number of hydrogen-bond acceptors (Lipinski definition) is 3. The predicted octanol–water partition coefficient (Wildman–Crippen LogP) is 4.05. The van der Waals surface area contributed by atoms with Crippen molar-refractivity contribution in [2.45, 2.75) is 25.6 Å². The van der Waals surface area contributed by atoms with Crippen LogP contribution in [-0.2, 0) is 4.74 Å². The summed E-state index contributed by atoms with van der Waals surface area (Å²) in [6, 6.07) is 9.19. The van der Waals surface area contributed by atoms with Crippen molar-refractivity contribution < 1.29 is 22.3 Å². The summed E-state index contributed by atoms with van der Waals surface area (Å²) in [4.78, 5) is 0. The Kier molecular flexibility index (Phi) is 5.25. The number of furan rings is 1. The molecular formula is C15H18F3NO2. The van der Waals surface area contributed by atoms with Crippen LogP contribution in [0.5, 0.6) is 0 Å². The zero-order valence-electron chi connectivity index (χ0n) is 11.7. The first-order valence-corrected chi connectivity index (χ1v) is 6.86. The quantitative estimate of drug-likeness (QED) is 0.783. The molecule has 0 saturated heterocycles. The van der Waals surface area contributed by atoms with Gasteiger partial charge < -0.3 is 14.5 Å². The highest BCUT2D eigenvalue weighted by Crippen LogP contribution is 2.24. The molecule has 0 aliphatic rings. The largest absolute Gasteiger partial charge is 0.459 e. The summed E-state index contributed by atoms with van der Waals surface area (Å²) in [6.07, 6.45) is -5.13. The van der Waals surface area contributed by atoms with Crippen LogP contribution in [0.25, 0.3) is 11.0 Å². The number of nitrogens with one attached hydrogen (secondary N) is 1. The van der Waals surface area contributed by atoms with Crippen molar-refractivity contribution in [2.75, 3.05) is 19.8 Å². The third-order valence-corrected chi connectivity index (χ3v) is 3.05. The molecule has 2 rings (SSSR count). The van der Waals surface area contributed by atoms with E-state index in [-0.39, 0.29) is 19.3 Å². The number of halogens is 3. The van der Waals surface area contributed by atoms with Gasteiger partial charge in [-0.15, -0.1) is 0 Å². The van der Waals surface area contributed by atoms with Crippen LogP contribution in [-0.4, -0.2) is 25.9 Å². The molecule has 2 aromatic rings. The van der Waals surface area contributed by atoms with E-state index in [1.165, 1.54) is 0 Å². The van der Waals surface area contributed by atoms with Crippen LogP contribution >= 0.6 is 0 Å². The fourth-order valence-electron chi connectivity index (χ4n) is 2.05. The van der Waals surface area contributed by atoms with E-state index in [4.69, 9.17) is 9.15 Å². The fraction of sp³-hybridized carbons (Fsp3) is 0.467. The summed E-state index contributed by atoms with van der Waals surface area (Å²) in [7, 11) is 0. The Balaban J connectivity index is 1.97. The lowest BCUT2D eigenvalue weighted by Gasteiger charge is -2.16. The van der Waals surface area contributed by atoms with Gasteiger partial charge >= 0.3 is 6.18 Å². The van der Waals surface area contributed by atoms with Gasteiger partial charge in [0.15, 0.2) is 0 Å². The van der Waals surface area contributed by atoms with Crippen LogP contribution in [0.2, 0.25) is 0 Å².